The molecule has 0 aliphatic rings. The van der Waals surface area contributed by atoms with Gasteiger partial charge in [0, 0.05) is 25.6 Å². The minimum Gasteiger partial charge on any atom is -0.375 e. The molecule has 0 N–H and O–H groups in total. The van der Waals surface area contributed by atoms with Crippen molar-refractivity contribution in [1.82, 2.24) is 4.98 Å². The zero-order valence-corrected chi connectivity index (χ0v) is 13.0. The van der Waals surface area contributed by atoms with Gasteiger partial charge in [-0.1, -0.05) is 12.1 Å². The van der Waals surface area contributed by atoms with Crippen molar-refractivity contribution in [2.45, 2.75) is 19.6 Å². The van der Waals surface area contributed by atoms with E-state index in [0.29, 0.717) is 12.2 Å². The van der Waals surface area contributed by atoms with E-state index < -0.39 is 0 Å². The third-order valence-electron chi connectivity index (χ3n) is 3.16. The van der Waals surface area contributed by atoms with E-state index in [2.05, 4.69) is 4.98 Å². The van der Waals surface area contributed by atoms with Gasteiger partial charge in [0.1, 0.15) is 16.8 Å². The molecule has 0 amide bonds. The van der Waals surface area contributed by atoms with Gasteiger partial charge in [0.15, 0.2) is 0 Å². The number of hydrogen-bond donors (Lipinski definition) is 0. The summed E-state index contributed by atoms with van der Waals surface area (Å²) in [5, 5.41) is 13.9. The molecule has 6 nitrogen and oxygen atoms in total. The van der Waals surface area contributed by atoms with E-state index in [9.17, 15) is 10.1 Å². The van der Waals surface area contributed by atoms with Crippen LogP contribution in [0.2, 0.25) is 0 Å². The van der Waals surface area contributed by atoms with Crippen molar-refractivity contribution in [3.05, 3.63) is 50.5 Å². The largest absolute Gasteiger partial charge is 0.375 e. The van der Waals surface area contributed by atoms with Crippen molar-refractivity contribution >= 4 is 22.7 Å². The van der Waals surface area contributed by atoms with Gasteiger partial charge < -0.3 is 9.64 Å². The number of ether oxygens (including phenoxy) is 1. The van der Waals surface area contributed by atoms with Crippen LogP contribution >= 0.6 is 11.3 Å². The van der Waals surface area contributed by atoms with E-state index in [0.717, 1.165) is 10.7 Å². The van der Waals surface area contributed by atoms with Gasteiger partial charge in [0.25, 0.3) is 5.69 Å². The Kier molecular flexibility index (Phi) is 4.87. The fourth-order valence-corrected chi connectivity index (χ4v) is 2.79. The zero-order valence-electron chi connectivity index (χ0n) is 12.1. The summed E-state index contributed by atoms with van der Waals surface area (Å²) in [5.74, 6) is 0. The molecule has 0 bridgehead atoms. The number of thiazole rings is 1. The van der Waals surface area contributed by atoms with Gasteiger partial charge in [0.2, 0.25) is 0 Å². The molecule has 0 fully saturated rings. The number of anilines is 1. The number of rotatable bonds is 6. The second kappa shape index (κ2) is 6.64. The van der Waals surface area contributed by atoms with Crippen LogP contribution in [0.4, 0.5) is 11.4 Å². The lowest BCUT2D eigenvalue weighted by molar-refractivity contribution is -0.384. The summed E-state index contributed by atoms with van der Waals surface area (Å²) in [4.78, 5) is 17.0. The maximum absolute atomic E-state index is 11.1. The summed E-state index contributed by atoms with van der Waals surface area (Å²) in [7, 11) is 3.46. The Hall–Kier alpha value is -1.99. The number of aromatic nitrogens is 1. The summed E-state index contributed by atoms with van der Waals surface area (Å²) in [6.45, 7) is 2.45. The van der Waals surface area contributed by atoms with Crippen LogP contribution in [0, 0.1) is 10.1 Å². The Morgan fingerprint density at radius 1 is 1.48 bits per heavy atom. The molecule has 1 atom stereocenters. The third kappa shape index (κ3) is 3.56. The summed E-state index contributed by atoms with van der Waals surface area (Å²) in [5.41, 5.74) is 1.55. The fourth-order valence-electron chi connectivity index (χ4n) is 1.95. The van der Waals surface area contributed by atoms with Crippen molar-refractivity contribution in [3.8, 4) is 0 Å². The molecule has 0 saturated heterocycles. The predicted molar refractivity (Wildman–Crippen MR) is 82.7 cm³/mol. The lowest BCUT2D eigenvalue weighted by Crippen LogP contribution is -2.18. The average molecular weight is 307 g/mol. The van der Waals surface area contributed by atoms with E-state index in [4.69, 9.17) is 4.74 Å². The predicted octanol–water partition coefficient (Wildman–Crippen LogP) is 3.40. The van der Waals surface area contributed by atoms with Crippen molar-refractivity contribution in [2.24, 2.45) is 0 Å². The highest BCUT2D eigenvalue weighted by molar-refractivity contribution is 7.09. The van der Waals surface area contributed by atoms with E-state index in [-0.39, 0.29) is 16.7 Å². The van der Waals surface area contributed by atoms with E-state index >= 15 is 0 Å². The molecule has 2 rings (SSSR count). The molecule has 2 aromatic rings. The number of nitro groups is 1. The van der Waals surface area contributed by atoms with Crippen LogP contribution in [0.25, 0.3) is 0 Å². The number of hydrogen-bond acceptors (Lipinski definition) is 6. The van der Waals surface area contributed by atoms with Crippen LogP contribution in [0.3, 0.4) is 0 Å². The first kappa shape index (κ1) is 15.4. The summed E-state index contributed by atoms with van der Waals surface area (Å²) in [6.07, 6.45) is -0.0416. The monoisotopic (exact) mass is 307 g/mol. The molecule has 7 heteroatoms. The first-order chi connectivity index (χ1) is 10.0. The lowest BCUT2D eigenvalue weighted by atomic mass is 10.2. The van der Waals surface area contributed by atoms with Crippen LogP contribution in [0.1, 0.15) is 23.7 Å². The third-order valence-corrected chi connectivity index (χ3v) is 4.21. The Morgan fingerprint density at radius 2 is 2.19 bits per heavy atom. The number of nitro benzene ring substituents is 1. The van der Waals surface area contributed by atoms with Crippen LogP contribution in [-0.2, 0) is 11.3 Å². The molecule has 0 spiro atoms. The first-order valence-corrected chi connectivity index (χ1v) is 7.32. The molecule has 0 saturated carbocycles. The first-order valence-electron chi connectivity index (χ1n) is 6.44. The van der Waals surface area contributed by atoms with Crippen molar-refractivity contribution < 1.29 is 9.66 Å². The molecular weight excluding hydrogens is 290 g/mol. The standard InChI is InChI=1S/C14H17N3O3S/c1-10(20-3)14-15-11(9-21-14)8-16(2)12-6-4-5-7-13(12)17(18)19/h4-7,9-10H,8H2,1-3H3. The molecule has 1 heterocycles. The van der Waals surface area contributed by atoms with E-state index in [1.165, 1.54) is 17.4 Å². The van der Waals surface area contributed by atoms with Crippen molar-refractivity contribution in [1.29, 1.82) is 0 Å². The minimum absolute atomic E-state index is 0.0416. The quantitative estimate of drug-likeness (QED) is 0.604. The van der Waals surface area contributed by atoms with Gasteiger partial charge in [0.05, 0.1) is 17.2 Å². The highest BCUT2D eigenvalue weighted by Gasteiger charge is 2.17. The van der Waals surface area contributed by atoms with Gasteiger partial charge >= 0.3 is 0 Å². The number of methoxy groups -OCH3 is 1. The van der Waals surface area contributed by atoms with Crippen LogP contribution in [-0.4, -0.2) is 24.1 Å². The highest BCUT2D eigenvalue weighted by atomic mass is 32.1. The van der Waals surface area contributed by atoms with E-state index in [1.54, 1.807) is 25.3 Å². The maximum Gasteiger partial charge on any atom is 0.292 e. The number of nitrogens with zero attached hydrogens (tertiary/aromatic N) is 3. The molecule has 0 aliphatic heterocycles. The Balaban J connectivity index is 2.16. The normalized spacial score (nSPS) is 12.1. The van der Waals surface area contributed by atoms with Gasteiger partial charge in [-0.3, -0.25) is 10.1 Å². The van der Waals surface area contributed by atoms with Crippen LogP contribution in [0.15, 0.2) is 29.6 Å². The van der Waals surface area contributed by atoms with Gasteiger partial charge in [-0.15, -0.1) is 11.3 Å². The van der Waals surface area contributed by atoms with Gasteiger partial charge in [-0.05, 0) is 13.0 Å². The molecule has 0 aliphatic carbocycles. The van der Waals surface area contributed by atoms with Crippen LogP contribution in [0.5, 0.6) is 0 Å². The molecule has 0 radical (unpaired) electrons. The fraction of sp³-hybridized carbons (Fsp3) is 0.357. The van der Waals surface area contributed by atoms with Crippen LogP contribution < -0.4 is 4.90 Å². The zero-order chi connectivity index (χ0) is 15.4. The van der Waals surface area contributed by atoms with Gasteiger partial charge in [-0.2, -0.15) is 0 Å². The maximum atomic E-state index is 11.1. The van der Waals surface area contributed by atoms with E-state index in [1.807, 2.05) is 24.3 Å². The molecule has 1 aromatic carbocycles. The van der Waals surface area contributed by atoms with Crippen molar-refractivity contribution in [2.75, 3.05) is 19.1 Å². The Morgan fingerprint density at radius 3 is 2.86 bits per heavy atom. The highest BCUT2D eigenvalue weighted by Crippen LogP contribution is 2.28. The molecule has 21 heavy (non-hydrogen) atoms. The SMILES string of the molecule is COC(C)c1nc(CN(C)c2ccccc2[N+](=O)[O-])cs1. The summed E-state index contributed by atoms with van der Waals surface area (Å²) in [6, 6.07) is 6.70. The number of benzene rings is 1. The minimum atomic E-state index is -0.370. The van der Waals surface area contributed by atoms with Gasteiger partial charge in [-0.25, -0.2) is 4.98 Å². The summed E-state index contributed by atoms with van der Waals surface area (Å²) < 4.78 is 5.23. The lowest BCUT2D eigenvalue weighted by Gasteiger charge is -2.17. The van der Waals surface area contributed by atoms with Crippen molar-refractivity contribution in [3.63, 3.8) is 0 Å². The Labute approximate surface area is 127 Å². The Bertz CT molecular complexity index is 629. The molecular formula is C14H17N3O3S. The average Bonchev–Trinajstić information content (AvgIpc) is 2.94. The number of para-hydroxylation sites is 2. The molecule has 1 aromatic heterocycles. The molecule has 112 valence electrons. The summed E-state index contributed by atoms with van der Waals surface area (Å²) >= 11 is 1.53. The second-order valence-corrected chi connectivity index (χ2v) is 5.55. The topological polar surface area (TPSA) is 68.5 Å². The molecule has 1 unspecified atom stereocenters. The smallest absolute Gasteiger partial charge is 0.292 e. The second-order valence-electron chi connectivity index (χ2n) is 4.66.